The van der Waals surface area contributed by atoms with Gasteiger partial charge in [0.25, 0.3) is 0 Å². The van der Waals surface area contributed by atoms with Crippen LogP contribution in [0.25, 0.3) is 0 Å². The van der Waals surface area contributed by atoms with Gasteiger partial charge in [0.1, 0.15) is 6.10 Å². The number of hydrogen-bond acceptors (Lipinski definition) is 3. The summed E-state index contributed by atoms with van der Waals surface area (Å²) in [5.74, 6) is 0. The van der Waals surface area contributed by atoms with Crippen LogP contribution in [0.15, 0.2) is 0 Å². The smallest absolute Gasteiger partial charge is 0.101 e. The highest BCUT2D eigenvalue weighted by atomic mass is 35.5. The van der Waals surface area contributed by atoms with Crippen LogP contribution in [-0.4, -0.2) is 22.4 Å². The first kappa shape index (κ1) is 15.7. The summed E-state index contributed by atoms with van der Waals surface area (Å²) in [5, 5.41) is 4.37. The highest BCUT2D eigenvalue weighted by Gasteiger charge is 2.30. The van der Waals surface area contributed by atoms with E-state index in [2.05, 4.69) is 12.0 Å². The van der Waals surface area contributed by atoms with Crippen molar-refractivity contribution in [3.8, 4) is 0 Å². The third-order valence-corrected chi connectivity index (χ3v) is 2.99. The van der Waals surface area contributed by atoms with Crippen LogP contribution in [0, 0.1) is 13.8 Å². The molecule has 0 saturated carbocycles. The lowest BCUT2D eigenvalue weighted by Crippen LogP contribution is -2.24. The summed E-state index contributed by atoms with van der Waals surface area (Å²) in [5.41, 5.74) is 9.37. The van der Waals surface area contributed by atoms with Crippen molar-refractivity contribution >= 4 is 24.8 Å². The van der Waals surface area contributed by atoms with E-state index < -0.39 is 0 Å². The molecule has 16 heavy (non-hydrogen) atoms. The van der Waals surface area contributed by atoms with E-state index in [0.717, 1.165) is 24.4 Å². The zero-order chi connectivity index (χ0) is 10.3. The average molecular weight is 268 g/mol. The molecule has 1 aliphatic rings. The molecule has 1 aromatic rings. The Morgan fingerprint density at radius 3 is 2.38 bits per heavy atom. The average Bonchev–Trinajstić information content (AvgIpc) is 2.60. The molecule has 1 aromatic heterocycles. The maximum absolute atomic E-state index is 6.00. The molecule has 0 amide bonds. The number of rotatable bonds is 1. The van der Waals surface area contributed by atoms with Crippen molar-refractivity contribution in [1.82, 2.24) is 9.78 Å². The first-order valence-corrected chi connectivity index (χ1v) is 4.98. The Hall–Kier alpha value is -0.290. The molecule has 94 valence electrons. The minimum atomic E-state index is 0. The minimum Gasteiger partial charge on any atom is -0.372 e. The number of nitrogens with two attached hydrogens (primary N) is 1. The van der Waals surface area contributed by atoms with E-state index in [1.165, 1.54) is 5.56 Å². The Morgan fingerprint density at radius 2 is 2.00 bits per heavy atom. The molecule has 1 saturated heterocycles. The predicted molar refractivity (Wildman–Crippen MR) is 68.5 cm³/mol. The van der Waals surface area contributed by atoms with Crippen LogP contribution in [0.2, 0.25) is 0 Å². The lowest BCUT2D eigenvalue weighted by molar-refractivity contribution is 0.104. The van der Waals surface area contributed by atoms with Gasteiger partial charge in [-0.25, -0.2) is 0 Å². The van der Waals surface area contributed by atoms with Crippen LogP contribution in [0.1, 0.15) is 29.5 Å². The van der Waals surface area contributed by atoms with Crippen LogP contribution in [0.3, 0.4) is 0 Å². The van der Waals surface area contributed by atoms with E-state index in [-0.39, 0.29) is 37.0 Å². The van der Waals surface area contributed by atoms with Gasteiger partial charge in [0, 0.05) is 31.0 Å². The van der Waals surface area contributed by atoms with Crippen LogP contribution in [0.5, 0.6) is 0 Å². The van der Waals surface area contributed by atoms with Crippen LogP contribution in [0.4, 0.5) is 0 Å². The van der Waals surface area contributed by atoms with E-state index in [1.54, 1.807) is 0 Å². The summed E-state index contributed by atoms with van der Waals surface area (Å²) in [6.07, 6.45) is 0.988. The van der Waals surface area contributed by atoms with Crippen molar-refractivity contribution in [2.75, 3.05) is 6.61 Å². The molecule has 2 heterocycles. The highest BCUT2D eigenvalue weighted by molar-refractivity contribution is 5.85. The van der Waals surface area contributed by atoms with E-state index in [4.69, 9.17) is 10.5 Å². The standard InChI is InChI=1S/C10H17N3O.2ClH/c1-6-9(7(2)13(3)12-6)10-8(11)4-5-14-10;;/h8,10H,4-5,11H2,1-3H3;2*1H. The lowest BCUT2D eigenvalue weighted by Gasteiger charge is -2.15. The molecule has 0 aliphatic carbocycles. The van der Waals surface area contributed by atoms with Crippen molar-refractivity contribution in [2.45, 2.75) is 32.4 Å². The summed E-state index contributed by atoms with van der Waals surface area (Å²) in [6, 6.07) is 0.122. The molecule has 6 heteroatoms. The third-order valence-electron chi connectivity index (χ3n) is 2.99. The largest absolute Gasteiger partial charge is 0.372 e. The summed E-state index contributed by atoms with van der Waals surface area (Å²) in [6.45, 7) is 4.83. The molecule has 2 unspecified atom stereocenters. The molecule has 1 aliphatic heterocycles. The second-order valence-electron chi connectivity index (χ2n) is 3.95. The molecule has 0 bridgehead atoms. The minimum absolute atomic E-state index is 0. The van der Waals surface area contributed by atoms with E-state index >= 15 is 0 Å². The molecule has 0 radical (unpaired) electrons. The van der Waals surface area contributed by atoms with Gasteiger partial charge in [-0.3, -0.25) is 4.68 Å². The normalized spacial score (nSPS) is 23.8. The molecule has 2 N–H and O–H groups in total. The van der Waals surface area contributed by atoms with Gasteiger partial charge in [0.2, 0.25) is 0 Å². The number of halogens is 2. The molecule has 2 atom stereocenters. The first-order chi connectivity index (χ1) is 6.61. The topological polar surface area (TPSA) is 53.1 Å². The van der Waals surface area contributed by atoms with Gasteiger partial charge in [-0.1, -0.05) is 0 Å². The zero-order valence-corrected chi connectivity index (χ0v) is 11.4. The van der Waals surface area contributed by atoms with Gasteiger partial charge < -0.3 is 10.5 Å². The second kappa shape index (κ2) is 5.87. The maximum atomic E-state index is 6.00. The monoisotopic (exact) mass is 267 g/mol. The fraction of sp³-hybridized carbons (Fsp3) is 0.700. The quantitative estimate of drug-likeness (QED) is 0.843. The van der Waals surface area contributed by atoms with Crippen LogP contribution in [-0.2, 0) is 11.8 Å². The van der Waals surface area contributed by atoms with Gasteiger partial charge in [0.15, 0.2) is 0 Å². The van der Waals surface area contributed by atoms with Crippen molar-refractivity contribution in [3.05, 3.63) is 17.0 Å². The second-order valence-corrected chi connectivity index (χ2v) is 3.95. The van der Waals surface area contributed by atoms with Crippen molar-refractivity contribution in [2.24, 2.45) is 12.8 Å². The van der Waals surface area contributed by atoms with Crippen LogP contribution < -0.4 is 5.73 Å². The Labute approximate surface area is 108 Å². The molecule has 0 spiro atoms. The third kappa shape index (κ3) is 2.51. The summed E-state index contributed by atoms with van der Waals surface area (Å²) in [4.78, 5) is 0. The molecule has 2 rings (SSSR count). The van der Waals surface area contributed by atoms with Gasteiger partial charge >= 0.3 is 0 Å². The molecule has 1 fully saturated rings. The Balaban J connectivity index is 0.00000112. The zero-order valence-electron chi connectivity index (χ0n) is 9.77. The Kier molecular flexibility index (Phi) is 5.76. The number of aromatic nitrogens is 2. The fourth-order valence-corrected chi connectivity index (χ4v) is 2.11. The van der Waals surface area contributed by atoms with Crippen molar-refractivity contribution in [1.29, 1.82) is 0 Å². The van der Waals surface area contributed by atoms with Gasteiger partial charge in [-0.15, -0.1) is 24.8 Å². The van der Waals surface area contributed by atoms with Crippen LogP contribution >= 0.6 is 24.8 Å². The highest BCUT2D eigenvalue weighted by Crippen LogP contribution is 2.31. The van der Waals surface area contributed by atoms with E-state index in [1.807, 2.05) is 18.7 Å². The SMILES string of the molecule is Cc1nn(C)c(C)c1C1OCCC1N.Cl.Cl. The molecule has 0 aromatic carbocycles. The van der Waals surface area contributed by atoms with E-state index in [9.17, 15) is 0 Å². The predicted octanol–water partition coefficient (Wildman–Crippen LogP) is 1.67. The van der Waals surface area contributed by atoms with Gasteiger partial charge in [0.05, 0.1) is 5.69 Å². The molecular weight excluding hydrogens is 249 g/mol. The van der Waals surface area contributed by atoms with Gasteiger partial charge in [-0.05, 0) is 20.3 Å². The van der Waals surface area contributed by atoms with Gasteiger partial charge in [-0.2, -0.15) is 5.10 Å². The van der Waals surface area contributed by atoms with Crippen molar-refractivity contribution in [3.63, 3.8) is 0 Å². The maximum Gasteiger partial charge on any atom is 0.101 e. The number of nitrogens with zero attached hydrogens (tertiary/aromatic N) is 2. The summed E-state index contributed by atoms with van der Waals surface area (Å²) >= 11 is 0. The number of aryl methyl sites for hydroxylation is 2. The Bertz CT molecular complexity index is 354. The first-order valence-electron chi connectivity index (χ1n) is 4.98. The summed E-state index contributed by atoms with van der Waals surface area (Å²) in [7, 11) is 1.95. The number of ether oxygens (including phenoxy) is 1. The Morgan fingerprint density at radius 1 is 1.38 bits per heavy atom. The number of hydrogen-bond donors (Lipinski definition) is 1. The van der Waals surface area contributed by atoms with E-state index in [0.29, 0.717) is 0 Å². The molecular formula is C10H19Cl2N3O. The fourth-order valence-electron chi connectivity index (χ4n) is 2.11. The van der Waals surface area contributed by atoms with Crippen molar-refractivity contribution < 1.29 is 4.74 Å². The molecule has 4 nitrogen and oxygen atoms in total. The lowest BCUT2D eigenvalue weighted by atomic mass is 10.0. The summed E-state index contributed by atoms with van der Waals surface area (Å²) < 4.78 is 7.54.